The second-order valence-electron chi connectivity index (χ2n) is 4.21. The maximum atomic E-state index is 12.9. The molecule has 0 aliphatic heterocycles. The number of hydrogen-bond acceptors (Lipinski definition) is 4. The smallest absolute Gasteiger partial charge is 0.326 e. The Morgan fingerprint density at radius 2 is 2.10 bits per heavy atom. The summed E-state index contributed by atoms with van der Waals surface area (Å²) in [7, 11) is 0. The summed E-state index contributed by atoms with van der Waals surface area (Å²) in [6.07, 6.45) is -0.279. The van der Waals surface area contributed by atoms with Crippen molar-refractivity contribution in [3.05, 3.63) is 30.1 Å². The number of carboxylic acids is 1. The summed E-state index contributed by atoms with van der Waals surface area (Å²) in [5.74, 6) is -3.01. The van der Waals surface area contributed by atoms with Gasteiger partial charge < -0.3 is 20.9 Å². The van der Waals surface area contributed by atoms with Crippen molar-refractivity contribution in [2.24, 2.45) is 5.73 Å². The summed E-state index contributed by atoms with van der Waals surface area (Å²) in [6.45, 7) is -0.468. The first kappa shape index (κ1) is 16.4. The Kier molecular flexibility index (Phi) is 6.12. The summed E-state index contributed by atoms with van der Waals surface area (Å²) in [5.41, 5.74) is 4.92. The number of aliphatic carboxylic acids is 1. The molecule has 4 N–H and O–H groups in total. The van der Waals surface area contributed by atoms with Crippen LogP contribution >= 0.6 is 0 Å². The van der Waals surface area contributed by atoms with E-state index in [9.17, 15) is 18.8 Å². The zero-order valence-corrected chi connectivity index (χ0v) is 11.0. The number of primary amides is 1. The van der Waals surface area contributed by atoms with Gasteiger partial charge in [-0.15, -0.1) is 0 Å². The maximum absolute atomic E-state index is 12.9. The minimum absolute atomic E-state index is 0.115. The van der Waals surface area contributed by atoms with E-state index in [2.05, 4.69) is 5.32 Å². The highest BCUT2D eigenvalue weighted by Gasteiger charge is 2.20. The van der Waals surface area contributed by atoms with Crippen molar-refractivity contribution in [1.29, 1.82) is 0 Å². The zero-order chi connectivity index (χ0) is 15.8. The molecule has 7 nitrogen and oxygen atoms in total. The number of ether oxygens (including phenoxy) is 1. The first-order chi connectivity index (χ1) is 9.88. The van der Waals surface area contributed by atoms with Crippen LogP contribution < -0.4 is 15.8 Å². The molecule has 114 valence electrons. The van der Waals surface area contributed by atoms with Crippen LogP contribution in [0.3, 0.4) is 0 Å². The lowest BCUT2D eigenvalue weighted by Crippen LogP contribution is -2.43. The first-order valence-electron chi connectivity index (χ1n) is 6.07. The lowest BCUT2D eigenvalue weighted by Gasteiger charge is -2.14. The minimum Gasteiger partial charge on any atom is -0.484 e. The second kappa shape index (κ2) is 7.83. The fourth-order valence-electron chi connectivity index (χ4n) is 1.49. The van der Waals surface area contributed by atoms with Gasteiger partial charge >= 0.3 is 5.97 Å². The van der Waals surface area contributed by atoms with Gasteiger partial charge in [-0.25, -0.2) is 9.18 Å². The first-order valence-corrected chi connectivity index (χ1v) is 6.07. The summed E-state index contributed by atoms with van der Waals surface area (Å²) in [6, 6.07) is 3.95. The molecule has 0 aliphatic carbocycles. The van der Waals surface area contributed by atoms with E-state index in [4.69, 9.17) is 15.6 Å². The van der Waals surface area contributed by atoms with Gasteiger partial charge in [0, 0.05) is 12.5 Å². The van der Waals surface area contributed by atoms with Crippen LogP contribution in [0.1, 0.15) is 12.8 Å². The minimum atomic E-state index is -1.28. The van der Waals surface area contributed by atoms with E-state index < -0.39 is 36.2 Å². The summed E-state index contributed by atoms with van der Waals surface area (Å²) < 4.78 is 17.9. The highest BCUT2D eigenvalue weighted by molar-refractivity contribution is 5.85. The third-order valence-electron chi connectivity index (χ3n) is 2.48. The van der Waals surface area contributed by atoms with E-state index in [1.807, 2.05) is 0 Å². The van der Waals surface area contributed by atoms with Crippen molar-refractivity contribution in [1.82, 2.24) is 5.32 Å². The molecule has 2 amide bonds. The fraction of sp³-hybridized carbons (Fsp3) is 0.308. The predicted octanol–water partition coefficient (Wildman–Crippen LogP) is 0.0394. The Morgan fingerprint density at radius 1 is 1.38 bits per heavy atom. The molecule has 0 aromatic heterocycles. The largest absolute Gasteiger partial charge is 0.484 e. The molecule has 1 atom stereocenters. The molecule has 1 aromatic rings. The van der Waals surface area contributed by atoms with Gasteiger partial charge in [0.1, 0.15) is 17.6 Å². The summed E-state index contributed by atoms with van der Waals surface area (Å²) in [5, 5.41) is 11.1. The van der Waals surface area contributed by atoms with Crippen LogP contribution in [-0.2, 0) is 14.4 Å². The van der Waals surface area contributed by atoms with Crippen LogP contribution in [-0.4, -0.2) is 35.5 Å². The van der Waals surface area contributed by atoms with E-state index in [1.165, 1.54) is 18.2 Å². The van der Waals surface area contributed by atoms with Crippen molar-refractivity contribution in [2.75, 3.05) is 6.61 Å². The predicted molar refractivity (Wildman–Crippen MR) is 69.9 cm³/mol. The average Bonchev–Trinajstić information content (AvgIpc) is 2.40. The maximum Gasteiger partial charge on any atom is 0.326 e. The summed E-state index contributed by atoms with van der Waals surface area (Å²) in [4.78, 5) is 33.1. The van der Waals surface area contributed by atoms with E-state index in [-0.39, 0.29) is 18.6 Å². The standard InChI is InChI=1S/C13H15FN2O5/c14-8-2-1-3-9(6-8)21-7-12(18)16-10(13(19)20)4-5-11(15)17/h1-3,6,10H,4-5,7H2,(H2,15,17)(H,16,18)(H,19,20)/t10-/m0/s1. The molecule has 0 saturated heterocycles. The Bertz CT molecular complexity index is 535. The SMILES string of the molecule is NC(=O)CC[C@H](NC(=O)COc1cccc(F)c1)C(=O)O. The Morgan fingerprint density at radius 3 is 2.67 bits per heavy atom. The number of carbonyl (C=O) groups excluding carboxylic acids is 2. The van der Waals surface area contributed by atoms with Crippen LogP contribution in [0.4, 0.5) is 4.39 Å². The number of nitrogens with one attached hydrogen (secondary N) is 1. The number of nitrogens with two attached hydrogens (primary N) is 1. The number of rotatable bonds is 8. The highest BCUT2D eigenvalue weighted by atomic mass is 19.1. The molecule has 0 fully saturated rings. The molecule has 0 spiro atoms. The molecule has 1 aromatic carbocycles. The van der Waals surface area contributed by atoms with E-state index in [1.54, 1.807) is 0 Å². The molecular weight excluding hydrogens is 283 g/mol. The molecule has 8 heteroatoms. The van der Waals surface area contributed by atoms with Crippen LogP contribution in [0.2, 0.25) is 0 Å². The Hall–Kier alpha value is -2.64. The number of carboxylic acid groups (broad SMARTS) is 1. The van der Waals surface area contributed by atoms with Crippen LogP contribution in [0.5, 0.6) is 5.75 Å². The molecular formula is C13H15FN2O5. The molecule has 1 rings (SSSR count). The molecule has 0 aliphatic rings. The van der Waals surface area contributed by atoms with Gasteiger partial charge in [0.05, 0.1) is 0 Å². The lowest BCUT2D eigenvalue weighted by molar-refractivity contribution is -0.142. The van der Waals surface area contributed by atoms with Gasteiger partial charge in [0.2, 0.25) is 5.91 Å². The molecule has 0 radical (unpaired) electrons. The summed E-state index contributed by atoms with van der Waals surface area (Å²) >= 11 is 0. The number of benzene rings is 1. The van der Waals surface area contributed by atoms with Gasteiger partial charge in [0.15, 0.2) is 6.61 Å². The topological polar surface area (TPSA) is 119 Å². The number of amides is 2. The normalized spacial score (nSPS) is 11.5. The van der Waals surface area contributed by atoms with Gasteiger partial charge in [-0.3, -0.25) is 9.59 Å². The number of halogens is 1. The highest BCUT2D eigenvalue weighted by Crippen LogP contribution is 2.11. The molecule has 0 saturated carbocycles. The van der Waals surface area contributed by atoms with E-state index in [0.29, 0.717) is 0 Å². The van der Waals surface area contributed by atoms with Crippen molar-refractivity contribution >= 4 is 17.8 Å². The van der Waals surface area contributed by atoms with Gasteiger partial charge in [-0.05, 0) is 18.6 Å². The van der Waals surface area contributed by atoms with Crippen molar-refractivity contribution in [3.63, 3.8) is 0 Å². The van der Waals surface area contributed by atoms with E-state index >= 15 is 0 Å². The van der Waals surface area contributed by atoms with Crippen LogP contribution in [0.15, 0.2) is 24.3 Å². The number of carbonyl (C=O) groups is 3. The average molecular weight is 298 g/mol. The quantitative estimate of drug-likeness (QED) is 0.626. The lowest BCUT2D eigenvalue weighted by atomic mass is 10.1. The molecule has 21 heavy (non-hydrogen) atoms. The third kappa shape index (κ3) is 6.37. The van der Waals surface area contributed by atoms with Crippen LogP contribution in [0.25, 0.3) is 0 Å². The molecule has 0 heterocycles. The van der Waals surface area contributed by atoms with Crippen LogP contribution in [0, 0.1) is 5.82 Å². The molecule has 0 bridgehead atoms. The molecule has 0 unspecified atom stereocenters. The van der Waals surface area contributed by atoms with Crippen molar-refractivity contribution in [2.45, 2.75) is 18.9 Å². The van der Waals surface area contributed by atoms with Gasteiger partial charge in [-0.2, -0.15) is 0 Å². The van der Waals surface area contributed by atoms with Gasteiger partial charge in [0.25, 0.3) is 5.91 Å². The van der Waals surface area contributed by atoms with E-state index in [0.717, 1.165) is 6.07 Å². The Labute approximate surface area is 119 Å². The van der Waals surface area contributed by atoms with Crippen molar-refractivity contribution < 1.29 is 28.6 Å². The third-order valence-corrected chi connectivity index (χ3v) is 2.48. The second-order valence-corrected chi connectivity index (χ2v) is 4.21. The Balaban J connectivity index is 2.46. The van der Waals surface area contributed by atoms with Crippen molar-refractivity contribution in [3.8, 4) is 5.75 Å². The van der Waals surface area contributed by atoms with Gasteiger partial charge in [-0.1, -0.05) is 6.07 Å². The zero-order valence-electron chi connectivity index (χ0n) is 11.0. The monoisotopic (exact) mass is 298 g/mol. The fourth-order valence-corrected chi connectivity index (χ4v) is 1.49. The number of hydrogen-bond donors (Lipinski definition) is 3.